The summed E-state index contributed by atoms with van der Waals surface area (Å²) in [6.45, 7) is -0.175. The van der Waals surface area contributed by atoms with E-state index in [-0.39, 0.29) is 12.4 Å². The van der Waals surface area contributed by atoms with Gasteiger partial charge in [-0.05, 0) is 24.3 Å². The molecule has 2 N–H and O–H groups in total. The molecule has 0 aliphatic rings. The maximum atomic E-state index is 12.1. The summed E-state index contributed by atoms with van der Waals surface area (Å²) in [5.74, 6) is -0.0881. The minimum atomic E-state index is -0.538. The van der Waals surface area contributed by atoms with E-state index in [0.717, 1.165) is 0 Å². The number of carbonyl (C=O) groups is 2. The Hall–Kier alpha value is -2.62. The van der Waals surface area contributed by atoms with Gasteiger partial charge in [-0.1, -0.05) is 30.3 Å². The van der Waals surface area contributed by atoms with Gasteiger partial charge in [-0.15, -0.1) is 0 Å². The second kappa shape index (κ2) is 5.82. The highest BCUT2D eigenvalue weighted by atomic mass is 16.5. The molecule has 2 rings (SSSR count). The zero-order chi connectivity index (χ0) is 13.7. The summed E-state index contributed by atoms with van der Waals surface area (Å²) in [6, 6.07) is 15.6. The van der Waals surface area contributed by atoms with Crippen molar-refractivity contribution in [3.63, 3.8) is 0 Å². The van der Waals surface area contributed by atoms with E-state index in [1.165, 1.54) is 0 Å². The first-order valence-corrected chi connectivity index (χ1v) is 5.78. The quantitative estimate of drug-likeness (QED) is 0.828. The van der Waals surface area contributed by atoms with E-state index in [9.17, 15) is 9.59 Å². The second-order valence-electron chi connectivity index (χ2n) is 3.97. The van der Waals surface area contributed by atoms with Crippen molar-refractivity contribution in [2.75, 3.05) is 6.61 Å². The number of primary amides is 1. The average molecular weight is 255 g/mol. The summed E-state index contributed by atoms with van der Waals surface area (Å²) >= 11 is 0. The minimum absolute atomic E-state index is 0.0537. The van der Waals surface area contributed by atoms with Crippen LogP contribution in [0.3, 0.4) is 0 Å². The van der Waals surface area contributed by atoms with Gasteiger partial charge in [0.25, 0.3) is 5.91 Å². The van der Waals surface area contributed by atoms with E-state index < -0.39 is 5.91 Å². The Morgan fingerprint density at radius 2 is 1.47 bits per heavy atom. The molecule has 4 heteroatoms. The van der Waals surface area contributed by atoms with E-state index in [4.69, 9.17) is 10.5 Å². The normalized spacial score (nSPS) is 9.89. The Kier molecular flexibility index (Phi) is 3.93. The van der Waals surface area contributed by atoms with Crippen LogP contribution in [0.4, 0.5) is 0 Å². The molecule has 0 unspecified atom stereocenters. The van der Waals surface area contributed by atoms with E-state index in [2.05, 4.69) is 0 Å². The van der Waals surface area contributed by atoms with Crippen LogP contribution in [-0.4, -0.2) is 18.3 Å². The molecule has 0 heterocycles. The molecule has 0 aliphatic carbocycles. The van der Waals surface area contributed by atoms with E-state index in [0.29, 0.717) is 16.9 Å². The van der Waals surface area contributed by atoms with Crippen molar-refractivity contribution in [3.05, 3.63) is 65.7 Å². The van der Waals surface area contributed by atoms with Gasteiger partial charge < -0.3 is 10.5 Å². The first-order valence-electron chi connectivity index (χ1n) is 5.78. The lowest BCUT2D eigenvalue weighted by Crippen LogP contribution is -2.20. The topological polar surface area (TPSA) is 69.4 Å². The summed E-state index contributed by atoms with van der Waals surface area (Å²) in [5.41, 5.74) is 6.18. The molecule has 4 nitrogen and oxygen atoms in total. The van der Waals surface area contributed by atoms with Gasteiger partial charge in [0.15, 0.2) is 12.4 Å². The minimum Gasteiger partial charge on any atom is -0.484 e. The van der Waals surface area contributed by atoms with Crippen LogP contribution >= 0.6 is 0 Å². The van der Waals surface area contributed by atoms with Crippen molar-refractivity contribution < 1.29 is 14.3 Å². The number of benzene rings is 2. The van der Waals surface area contributed by atoms with Gasteiger partial charge in [0.05, 0.1) is 0 Å². The van der Waals surface area contributed by atoms with Gasteiger partial charge in [-0.25, -0.2) is 0 Å². The molecule has 0 saturated carbocycles. The molecule has 0 aliphatic heterocycles. The van der Waals surface area contributed by atoms with Crippen molar-refractivity contribution in [1.82, 2.24) is 0 Å². The fourth-order valence-electron chi connectivity index (χ4n) is 1.61. The van der Waals surface area contributed by atoms with Gasteiger partial charge in [-0.3, -0.25) is 9.59 Å². The molecule has 0 bridgehead atoms. The molecule has 0 fully saturated rings. The predicted octanol–water partition coefficient (Wildman–Crippen LogP) is 1.78. The van der Waals surface area contributed by atoms with E-state index in [1.807, 2.05) is 18.2 Å². The summed E-state index contributed by atoms with van der Waals surface area (Å²) < 4.78 is 5.12. The maximum absolute atomic E-state index is 12.1. The van der Waals surface area contributed by atoms with Crippen LogP contribution in [0.5, 0.6) is 5.75 Å². The van der Waals surface area contributed by atoms with Crippen LogP contribution in [0.2, 0.25) is 0 Å². The number of nitrogens with two attached hydrogens (primary N) is 1. The molecule has 1 amide bonds. The lowest BCUT2D eigenvalue weighted by atomic mass is 10.0. The van der Waals surface area contributed by atoms with Crippen molar-refractivity contribution in [2.45, 2.75) is 0 Å². The summed E-state index contributed by atoms with van der Waals surface area (Å²) in [6.07, 6.45) is 0. The standard InChI is InChI=1S/C15H13NO3/c16-14(17)10-19-13-8-6-12(7-9-13)15(18)11-4-2-1-3-5-11/h1-9H,10H2,(H2,16,17). The zero-order valence-electron chi connectivity index (χ0n) is 10.2. The summed E-state index contributed by atoms with van der Waals surface area (Å²) in [7, 11) is 0. The van der Waals surface area contributed by atoms with Gasteiger partial charge in [0, 0.05) is 11.1 Å². The average Bonchev–Trinajstić information content (AvgIpc) is 2.46. The fourth-order valence-corrected chi connectivity index (χ4v) is 1.61. The Balaban J connectivity index is 2.10. The highest BCUT2D eigenvalue weighted by molar-refractivity contribution is 6.08. The van der Waals surface area contributed by atoms with Crippen LogP contribution in [0.1, 0.15) is 15.9 Å². The van der Waals surface area contributed by atoms with E-state index in [1.54, 1.807) is 36.4 Å². The highest BCUT2D eigenvalue weighted by Gasteiger charge is 2.08. The molecule has 96 valence electrons. The SMILES string of the molecule is NC(=O)COc1ccc(C(=O)c2ccccc2)cc1. The molecule has 2 aromatic rings. The van der Waals surface area contributed by atoms with Gasteiger partial charge in [0.1, 0.15) is 5.75 Å². The molecule has 2 aromatic carbocycles. The third kappa shape index (κ3) is 3.42. The smallest absolute Gasteiger partial charge is 0.255 e. The molecule has 0 saturated heterocycles. The number of hydrogen-bond donors (Lipinski definition) is 1. The number of rotatable bonds is 5. The molecular formula is C15H13NO3. The lowest BCUT2D eigenvalue weighted by molar-refractivity contribution is -0.119. The number of amides is 1. The van der Waals surface area contributed by atoms with Crippen LogP contribution in [0.25, 0.3) is 0 Å². The number of hydrogen-bond acceptors (Lipinski definition) is 3. The third-order valence-corrected chi connectivity index (χ3v) is 2.53. The fraction of sp³-hybridized carbons (Fsp3) is 0.0667. The summed E-state index contributed by atoms with van der Waals surface area (Å²) in [5, 5.41) is 0. The van der Waals surface area contributed by atoms with Crippen LogP contribution in [-0.2, 0) is 4.79 Å². The highest BCUT2D eigenvalue weighted by Crippen LogP contribution is 2.15. The second-order valence-corrected chi connectivity index (χ2v) is 3.97. The molecule has 0 atom stereocenters. The monoisotopic (exact) mass is 255 g/mol. The summed E-state index contributed by atoms with van der Waals surface area (Å²) in [4.78, 5) is 22.7. The first kappa shape index (κ1) is 12.8. The Morgan fingerprint density at radius 3 is 2.05 bits per heavy atom. The Bertz CT molecular complexity index is 576. The molecule has 0 spiro atoms. The number of ether oxygens (including phenoxy) is 1. The van der Waals surface area contributed by atoms with Gasteiger partial charge in [0.2, 0.25) is 0 Å². The Morgan fingerprint density at radius 1 is 0.895 bits per heavy atom. The lowest BCUT2D eigenvalue weighted by Gasteiger charge is -2.05. The number of carbonyl (C=O) groups excluding carboxylic acids is 2. The predicted molar refractivity (Wildman–Crippen MR) is 71.0 cm³/mol. The van der Waals surface area contributed by atoms with Crippen molar-refractivity contribution in [3.8, 4) is 5.75 Å². The van der Waals surface area contributed by atoms with Crippen LogP contribution in [0, 0.1) is 0 Å². The van der Waals surface area contributed by atoms with Crippen LogP contribution < -0.4 is 10.5 Å². The van der Waals surface area contributed by atoms with Crippen molar-refractivity contribution in [2.24, 2.45) is 5.73 Å². The largest absolute Gasteiger partial charge is 0.484 e. The maximum Gasteiger partial charge on any atom is 0.255 e. The molecular weight excluding hydrogens is 242 g/mol. The van der Waals surface area contributed by atoms with E-state index >= 15 is 0 Å². The third-order valence-electron chi connectivity index (χ3n) is 2.53. The van der Waals surface area contributed by atoms with Gasteiger partial charge >= 0.3 is 0 Å². The number of ketones is 1. The first-order chi connectivity index (χ1) is 9.16. The molecule has 0 aromatic heterocycles. The van der Waals surface area contributed by atoms with Crippen molar-refractivity contribution in [1.29, 1.82) is 0 Å². The molecule has 0 radical (unpaired) electrons. The van der Waals surface area contributed by atoms with Crippen molar-refractivity contribution >= 4 is 11.7 Å². The van der Waals surface area contributed by atoms with Gasteiger partial charge in [-0.2, -0.15) is 0 Å². The Labute approximate surface area is 110 Å². The molecule has 19 heavy (non-hydrogen) atoms. The van der Waals surface area contributed by atoms with Crippen LogP contribution in [0.15, 0.2) is 54.6 Å². The zero-order valence-corrected chi connectivity index (χ0v) is 10.2.